The highest BCUT2D eigenvalue weighted by Crippen LogP contribution is 2.20. The summed E-state index contributed by atoms with van der Waals surface area (Å²) in [6, 6.07) is 10.6. The zero-order chi connectivity index (χ0) is 14.4. The number of pyridine rings is 1. The first-order chi connectivity index (χ1) is 9.69. The second-order valence-electron chi connectivity index (χ2n) is 4.77. The number of benzene rings is 1. The molecule has 0 aliphatic carbocycles. The van der Waals surface area contributed by atoms with E-state index in [4.69, 9.17) is 0 Å². The smallest absolute Gasteiger partial charge is 0.127 e. The Kier molecular flexibility index (Phi) is 4.93. The van der Waals surface area contributed by atoms with Crippen molar-refractivity contribution in [3.8, 4) is 0 Å². The van der Waals surface area contributed by atoms with Crippen molar-refractivity contribution in [1.82, 2.24) is 4.98 Å². The summed E-state index contributed by atoms with van der Waals surface area (Å²) in [5.74, 6) is 0.652. The summed E-state index contributed by atoms with van der Waals surface area (Å²) >= 11 is 0. The van der Waals surface area contributed by atoms with Crippen molar-refractivity contribution in [3.05, 3.63) is 54.0 Å². The average molecular weight is 273 g/mol. The van der Waals surface area contributed by atoms with Gasteiger partial charge < -0.3 is 10.6 Å². The van der Waals surface area contributed by atoms with Crippen molar-refractivity contribution in [2.75, 3.05) is 17.2 Å². The van der Waals surface area contributed by atoms with E-state index in [-0.39, 0.29) is 11.9 Å². The number of nitrogens with zero attached hydrogens (tertiary/aromatic N) is 1. The van der Waals surface area contributed by atoms with Crippen molar-refractivity contribution in [2.24, 2.45) is 0 Å². The van der Waals surface area contributed by atoms with Gasteiger partial charge in [-0.2, -0.15) is 0 Å². The molecule has 1 aromatic carbocycles. The van der Waals surface area contributed by atoms with Crippen LogP contribution in [0, 0.1) is 5.82 Å². The van der Waals surface area contributed by atoms with E-state index >= 15 is 0 Å². The van der Waals surface area contributed by atoms with Crippen molar-refractivity contribution in [1.29, 1.82) is 0 Å². The first kappa shape index (κ1) is 14.3. The van der Waals surface area contributed by atoms with E-state index in [0.717, 1.165) is 30.0 Å². The van der Waals surface area contributed by atoms with Crippen LogP contribution < -0.4 is 10.6 Å². The molecular formula is C16H20FN3. The minimum absolute atomic E-state index is 0.108. The minimum atomic E-state index is -0.212. The fourth-order valence-electron chi connectivity index (χ4n) is 1.95. The molecule has 0 spiro atoms. The van der Waals surface area contributed by atoms with Crippen LogP contribution in [0.2, 0.25) is 0 Å². The van der Waals surface area contributed by atoms with E-state index < -0.39 is 0 Å². The predicted molar refractivity (Wildman–Crippen MR) is 81.5 cm³/mol. The Morgan fingerprint density at radius 1 is 1.20 bits per heavy atom. The maximum Gasteiger partial charge on any atom is 0.127 e. The molecule has 0 radical (unpaired) electrons. The third-order valence-corrected chi connectivity index (χ3v) is 3.07. The van der Waals surface area contributed by atoms with Crippen molar-refractivity contribution in [2.45, 2.75) is 26.3 Å². The van der Waals surface area contributed by atoms with Crippen LogP contribution >= 0.6 is 0 Å². The van der Waals surface area contributed by atoms with Crippen LogP contribution in [0.5, 0.6) is 0 Å². The summed E-state index contributed by atoms with van der Waals surface area (Å²) in [4.78, 5) is 4.27. The standard InChI is InChI=1S/C16H20FN3/c1-3-9-18-16-11-15(8-10-19-16)20-12(2)13-4-6-14(17)7-5-13/h4-8,10-12H,3,9H2,1-2H3,(H2,18,19,20). The zero-order valence-corrected chi connectivity index (χ0v) is 11.9. The second kappa shape index (κ2) is 6.89. The largest absolute Gasteiger partial charge is 0.378 e. The summed E-state index contributed by atoms with van der Waals surface area (Å²) < 4.78 is 12.9. The van der Waals surface area contributed by atoms with Gasteiger partial charge in [0.25, 0.3) is 0 Å². The van der Waals surface area contributed by atoms with Gasteiger partial charge >= 0.3 is 0 Å². The molecule has 1 aromatic heterocycles. The molecule has 0 saturated carbocycles. The summed E-state index contributed by atoms with van der Waals surface area (Å²) in [5, 5.41) is 6.65. The highest BCUT2D eigenvalue weighted by molar-refractivity contribution is 5.53. The predicted octanol–water partition coefficient (Wildman–Crippen LogP) is 4.22. The van der Waals surface area contributed by atoms with Gasteiger partial charge in [0.1, 0.15) is 11.6 Å². The van der Waals surface area contributed by atoms with Gasteiger partial charge in [0, 0.05) is 30.5 Å². The molecule has 106 valence electrons. The Balaban J connectivity index is 2.03. The molecule has 20 heavy (non-hydrogen) atoms. The van der Waals surface area contributed by atoms with Crippen LogP contribution in [-0.2, 0) is 0 Å². The fourth-order valence-corrected chi connectivity index (χ4v) is 1.95. The van der Waals surface area contributed by atoms with E-state index in [1.54, 1.807) is 18.3 Å². The fraction of sp³-hybridized carbons (Fsp3) is 0.312. The molecule has 2 N–H and O–H groups in total. The molecule has 0 saturated heterocycles. The first-order valence-corrected chi connectivity index (χ1v) is 6.91. The molecule has 2 rings (SSSR count). The molecule has 1 unspecified atom stereocenters. The summed E-state index contributed by atoms with van der Waals surface area (Å²) in [7, 11) is 0. The van der Waals surface area contributed by atoms with Gasteiger partial charge in [0.15, 0.2) is 0 Å². The van der Waals surface area contributed by atoms with Crippen molar-refractivity contribution >= 4 is 11.5 Å². The number of anilines is 2. The summed E-state index contributed by atoms with van der Waals surface area (Å²) in [6.45, 7) is 5.07. The van der Waals surface area contributed by atoms with E-state index in [9.17, 15) is 4.39 Å². The number of aromatic nitrogens is 1. The number of halogens is 1. The van der Waals surface area contributed by atoms with Crippen LogP contribution in [0.3, 0.4) is 0 Å². The molecule has 0 aliphatic heterocycles. The van der Waals surface area contributed by atoms with Crippen molar-refractivity contribution in [3.63, 3.8) is 0 Å². The number of hydrogen-bond donors (Lipinski definition) is 2. The first-order valence-electron chi connectivity index (χ1n) is 6.91. The highest BCUT2D eigenvalue weighted by atomic mass is 19.1. The van der Waals surface area contributed by atoms with E-state index in [0.29, 0.717) is 0 Å². The van der Waals surface area contributed by atoms with E-state index in [1.165, 1.54) is 12.1 Å². The molecule has 1 atom stereocenters. The van der Waals surface area contributed by atoms with Gasteiger partial charge in [-0.15, -0.1) is 0 Å². The summed E-state index contributed by atoms with van der Waals surface area (Å²) in [6.07, 6.45) is 2.84. The lowest BCUT2D eigenvalue weighted by molar-refractivity contribution is 0.626. The molecule has 0 amide bonds. The maximum atomic E-state index is 12.9. The Morgan fingerprint density at radius 3 is 2.65 bits per heavy atom. The van der Waals surface area contributed by atoms with Gasteiger partial charge in [-0.25, -0.2) is 9.37 Å². The minimum Gasteiger partial charge on any atom is -0.378 e. The monoisotopic (exact) mass is 273 g/mol. The third-order valence-electron chi connectivity index (χ3n) is 3.07. The third kappa shape index (κ3) is 3.95. The second-order valence-corrected chi connectivity index (χ2v) is 4.77. The molecule has 1 heterocycles. The summed E-state index contributed by atoms with van der Waals surface area (Å²) in [5.41, 5.74) is 2.04. The van der Waals surface area contributed by atoms with Gasteiger partial charge in [-0.1, -0.05) is 19.1 Å². The van der Waals surface area contributed by atoms with Crippen LogP contribution in [-0.4, -0.2) is 11.5 Å². The van der Waals surface area contributed by atoms with Gasteiger partial charge in [0.2, 0.25) is 0 Å². The molecular weight excluding hydrogens is 253 g/mol. The molecule has 0 aliphatic rings. The molecule has 2 aromatic rings. The highest BCUT2D eigenvalue weighted by Gasteiger charge is 2.06. The van der Waals surface area contributed by atoms with Crippen molar-refractivity contribution < 1.29 is 4.39 Å². The Hall–Kier alpha value is -2.10. The topological polar surface area (TPSA) is 37.0 Å². The van der Waals surface area contributed by atoms with E-state index in [1.807, 2.05) is 19.1 Å². The Labute approximate surface area is 119 Å². The SMILES string of the molecule is CCCNc1cc(NC(C)c2ccc(F)cc2)ccn1. The normalized spacial score (nSPS) is 11.9. The average Bonchev–Trinajstić information content (AvgIpc) is 2.46. The molecule has 4 heteroatoms. The Morgan fingerprint density at radius 2 is 1.95 bits per heavy atom. The van der Waals surface area contributed by atoms with Gasteiger partial charge in [0.05, 0.1) is 0 Å². The lowest BCUT2D eigenvalue weighted by Gasteiger charge is -2.16. The quantitative estimate of drug-likeness (QED) is 0.827. The molecule has 3 nitrogen and oxygen atoms in total. The van der Waals surface area contributed by atoms with E-state index in [2.05, 4.69) is 22.5 Å². The lowest BCUT2D eigenvalue weighted by atomic mass is 10.1. The lowest BCUT2D eigenvalue weighted by Crippen LogP contribution is -2.08. The Bertz CT molecular complexity index is 540. The maximum absolute atomic E-state index is 12.9. The van der Waals surface area contributed by atoms with Gasteiger partial charge in [-0.3, -0.25) is 0 Å². The zero-order valence-electron chi connectivity index (χ0n) is 11.9. The number of hydrogen-bond acceptors (Lipinski definition) is 3. The molecule has 0 bridgehead atoms. The number of nitrogens with one attached hydrogen (secondary N) is 2. The van der Waals surface area contributed by atoms with Crippen LogP contribution in [0.4, 0.5) is 15.9 Å². The van der Waals surface area contributed by atoms with Gasteiger partial charge in [-0.05, 0) is 37.1 Å². The number of rotatable bonds is 6. The van der Waals surface area contributed by atoms with Crippen LogP contribution in [0.1, 0.15) is 31.9 Å². The molecule has 0 fully saturated rings. The van der Waals surface area contributed by atoms with Crippen LogP contribution in [0.25, 0.3) is 0 Å². The van der Waals surface area contributed by atoms with Crippen LogP contribution in [0.15, 0.2) is 42.6 Å².